The first-order valence-electron chi connectivity index (χ1n) is 11.9. The lowest BCUT2D eigenvalue weighted by Gasteiger charge is -2.34. The quantitative estimate of drug-likeness (QED) is 0.264. The van der Waals surface area contributed by atoms with E-state index in [9.17, 15) is 18.5 Å². The first-order chi connectivity index (χ1) is 17.7. The lowest BCUT2D eigenvalue weighted by atomic mass is 10.1. The normalized spacial score (nSPS) is 18.8. The summed E-state index contributed by atoms with van der Waals surface area (Å²) in [5.41, 5.74) is 1.99. The van der Waals surface area contributed by atoms with Gasteiger partial charge in [-0.3, -0.25) is 0 Å². The Morgan fingerprint density at radius 2 is 1.86 bits per heavy atom. The van der Waals surface area contributed by atoms with Gasteiger partial charge < -0.3 is 9.47 Å². The summed E-state index contributed by atoms with van der Waals surface area (Å²) in [5, 5.41) is 14.3. The Morgan fingerprint density at radius 1 is 1.16 bits per heavy atom. The van der Waals surface area contributed by atoms with Gasteiger partial charge in [0.1, 0.15) is 17.3 Å². The molecule has 1 aliphatic heterocycles. The zero-order valence-electron chi connectivity index (χ0n) is 20.9. The fraction of sp³-hybridized carbons (Fsp3) is 0.296. The number of morpholine rings is 1. The summed E-state index contributed by atoms with van der Waals surface area (Å²) in [6, 6.07) is 17.7. The van der Waals surface area contributed by atoms with E-state index in [2.05, 4.69) is 5.10 Å². The summed E-state index contributed by atoms with van der Waals surface area (Å²) in [4.78, 5) is 12.4. The zero-order chi connectivity index (χ0) is 26.6. The fourth-order valence-corrected chi connectivity index (χ4v) is 5.85. The third-order valence-corrected chi connectivity index (χ3v) is 7.64. The predicted octanol–water partition coefficient (Wildman–Crippen LogP) is 3.81. The highest BCUT2D eigenvalue weighted by atomic mass is 32.2. The third kappa shape index (κ3) is 5.80. The van der Waals surface area contributed by atoms with Crippen LogP contribution in [0.1, 0.15) is 26.3 Å². The van der Waals surface area contributed by atoms with E-state index in [1.807, 2.05) is 50.2 Å². The molecule has 2 heterocycles. The Balaban J connectivity index is 1.81. The summed E-state index contributed by atoms with van der Waals surface area (Å²) in [5.74, 6) is -0.740. The predicted molar refractivity (Wildman–Crippen MR) is 138 cm³/mol. The van der Waals surface area contributed by atoms with E-state index >= 15 is 0 Å². The molecule has 192 valence electrons. The standard InChI is InChI=1S/C27H28N4O5S/c1-4-35-27(32)22(15-28)13-23-18-31(24-10-6-5-7-11-24)29-26(23)21-9-8-12-25(14-21)37(33,34)30-16-19(2)36-20(3)17-30/h5-14,18-20H,4,16-17H2,1-3H3. The smallest absolute Gasteiger partial charge is 0.348 e. The molecule has 0 bridgehead atoms. The van der Waals surface area contributed by atoms with Crippen LogP contribution in [0.3, 0.4) is 0 Å². The van der Waals surface area contributed by atoms with Crippen LogP contribution in [0, 0.1) is 11.3 Å². The number of hydrogen-bond donors (Lipinski definition) is 0. The number of para-hydroxylation sites is 1. The molecular weight excluding hydrogens is 492 g/mol. The Hall–Kier alpha value is -3.78. The van der Waals surface area contributed by atoms with Gasteiger partial charge in [0.15, 0.2) is 0 Å². The van der Waals surface area contributed by atoms with Gasteiger partial charge in [-0.25, -0.2) is 17.9 Å². The molecule has 0 radical (unpaired) electrons. The second-order valence-corrected chi connectivity index (χ2v) is 10.6. The average molecular weight is 521 g/mol. The molecule has 3 aromatic rings. The number of rotatable bonds is 7. The van der Waals surface area contributed by atoms with Gasteiger partial charge in [0.05, 0.1) is 29.4 Å². The van der Waals surface area contributed by atoms with Crippen LogP contribution in [-0.2, 0) is 24.3 Å². The van der Waals surface area contributed by atoms with Crippen LogP contribution in [0.5, 0.6) is 0 Å². The highest BCUT2D eigenvalue weighted by molar-refractivity contribution is 7.89. The Bertz CT molecular complexity index is 1450. The summed E-state index contributed by atoms with van der Waals surface area (Å²) in [6.45, 7) is 6.01. The average Bonchev–Trinajstić information content (AvgIpc) is 3.31. The number of ether oxygens (including phenoxy) is 2. The minimum Gasteiger partial charge on any atom is -0.462 e. The van der Waals surface area contributed by atoms with Crippen molar-refractivity contribution in [1.29, 1.82) is 5.26 Å². The fourth-order valence-electron chi connectivity index (χ4n) is 4.21. The van der Waals surface area contributed by atoms with E-state index in [0.717, 1.165) is 5.69 Å². The van der Waals surface area contributed by atoms with Gasteiger partial charge >= 0.3 is 5.97 Å². The van der Waals surface area contributed by atoms with Crippen LogP contribution in [0.2, 0.25) is 0 Å². The molecule has 2 unspecified atom stereocenters. The number of carbonyl (C=O) groups is 1. The topological polar surface area (TPSA) is 115 Å². The molecule has 1 aromatic heterocycles. The van der Waals surface area contributed by atoms with Gasteiger partial charge in [0, 0.05) is 30.4 Å². The summed E-state index contributed by atoms with van der Waals surface area (Å²) in [7, 11) is -3.79. The zero-order valence-corrected chi connectivity index (χ0v) is 21.7. The van der Waals surface area contributed by atoms with Crippen LogP contribution >= 0.6 is 0 Å². The highest BCUT2D eigenvalue weighted by Crippen LogP contribution is 2.29. The Labute approximate surface area is 216 Å². The number of aromatic nitrogens is 2. The SMILES string of the molecule is CCOC(=O)C(C#N)=Cc1cn(-c2ccccc2)nc1-c1cccc(S(=O)(=O)N2CC(C)OC(C)C2)c1. The maximum atomic E-state index is 13.5. The van der Waals surface area contributed by atoms with Gasteiger partial charge in [0.2, 0.25) is 10.0 Å². The summed E-state index contributed by atoms with van der Waals surface area (Å²) < 4.78 is 40.7. The van der Waals surface area contributed by atoms with Gasteiger partial charge in [-0.05, 0) is 51.1 Å². The minimum absolute atomic E-state index is 0.126. The van der Waals surface area contributed by atoms with Crippen molar-refractivity contribution >= 4 is 22.1 Å². The van der Waals surface area contributed by atoms with E-state index in [1.54, 1.807) is 42.1 Å². The van der Waals surface area contributed by atoms with Gasteiger partial charge in [-0.2, -0.15) is 14.7 Å². The number of benzene rings is 2. The highest BCUT2D eigenvalue weighted by Gasteiger charge is 2.32. The van der Waals surface area contributed by atoms with Crippen LogP contribution in [-0.4, -0.2) is 60.4 Å². The van der Waals surface area contributed by atoms with Crippen molar-refractivity contribution in [1.82, 2.24) is 14.1 Å². The van der Waals surface area contributed by atoms with E-state index in [0.29, 0.717) is 16.8 Å². The Kier molecular flexibility index (Phi) is 7.88. The molecule has 37 heavy (non-hydrogen) atoms. The number of nitriles is 1. The van der Waals surface area contributed by atoms with Crippen molar-refractivity contribution in [3.63, 3.8) is 0 Å². The molecule has 0 aliphatic carbocycles. The molecule has 0 spiro atoms. The molecule has 0 saturated carbocycles. The van der Waals surface area contributed by atoms with E-state index in [-0.39, 0.29) is 42.4 Å². The van der Waals surface area contributed by atoms with E-state index in [4.69, 9.17) is 9.47 Å². The van der Waals surface area contributed by atoms with E-state index < -0.39 is 16.0 Å². The number of hydrogen-bond acceptors (Lipinski definition) is 7. The molecule has 4 rings (SSSR count). The van der Waals surface area contributed by atoms with Gasteiger partial charge in [0.25, 0.3) is 0 Å². The number of carbonyl (C=O) groups excluding carboxylic acids is 1. The molecule has 1 aliphatic rings. The first kappa shape index (κ1) is 26.3. The third-order valence-electron chi connectivity index (χ3n) is 5.81. The van der Waals surface area contributed by atoms with Crippen LogP contribution in [0.25, 0.3) is 23.0 Å². The maximum Gasteiger partial charge on any atom is 0.348 e. The molecule has 0 N–H and O–H groups in total. The number of esters is 1. The molecule has 2 aromatic carbocycles. The van der Waals surface area contributed by atoms with E-state index in [1.165, 1.54) is 10.4 Å². The van der Waals surface area contributed by atoms with Gasteiger partial charge in [-0.1, -0.05) is 30.3 Å². The monoisotopic (exact) mass is 520 g/mol. The first-order valence-corrected chi connectivity index (χ1v) is 13.4. The maximum absolute atomic E-state index is 13.5. The lowest BCUT2D eigenvalue weighted by Crippen LogP contribution is -2.48. The number of nitrogens with zero attached hydrogens (tertiary/aromatic N) is 4. The largest absolute Gasteiger partial charge is 0.462 e. The molecule has 1 saturated heterocycles. The lowest BCUT2D eigenvalue weighted by molar-refractivity contribution is -0.137. The summed E-state index contributed by atoms with van der Waals surface area (Å²) in [6.07, 6.45) is 2.67. The van der Waals surface area contributed by atoms with Crippen molar-refractivity contribution < 1.29 is 22.7 Å². The Morgan fingerprint density at radius 3 is 2.51 bits per heavy atom. The second kappa shape index (κ2) is 11.1. The molecule has 1 fully saturated rings. The van der Waals surface area contributed by atoms with Gasteiger partial charge in [-0.15, -0.1) is 0 Å². The summed E-state index contributed by atoms with van der Waals surface area (Å²) >= 11 is 0. The molecule has 10 heteroatoms. The number of sulfonamides is 1. The van der Waals surface area contributed by atoms with Crippen molar-refractivity contribution in [2.45, 2.75) is 37.9 Å². The van der Waals surface area contributed by atoms with Crippen molar-refractivity contribution in [3.8, 4) is 23.0 Å². The van der Waals surface area contributed by atoms with Crippen LogP contribution in [0.15, 0.2) is 71.3 Å². The second-order valence-electron chi connectivity index (χ2n) is 8.71. The van der Waals surface area contributed by atoms with Crippen molar-refractivity contribution in [2.75, 3.05) is 19.7 Å². The van der Waals surface area contributed by atoms with Crippen molar-refractivity contribution in [3.05, 3.63) is 71.9 Å². The van der Waals surface area contributed by atoms with Crippen molar-refractivity contribution in [2.24, 2.45) is 0 Å². The molecule has 0 amide bonds. The van der Waals surface area contributed by atoms with Crippen LogP contribution in [0.4, 0.5) is 0 Å². The minimum atomic E-state index is -3.79. The molecule has 9 nitrogen and oxygen atoms in total. The molecular formula is C27H28N4O5S. The van der Waals surface area contributed by atoms with Crippen LogP contribution < -0.4 is 0 Å². The molecule has 2 atom stereocenters.